The van der Waals surface area contributed by atoms with Crippen LogP contribution >= 0.6 is 0 Å². The van der Waals surface area contributed by atoms with Crippen LogP contribution < -0.4 is 5.73 Å². The van der Waals surface area contributed by atoms with Crippen LogP contribution in [0.1, 0.15) is 13.8 Å². The Morgan fingerprint density at radius 2 is 2.22 bits per heavy atom. The van der Waals surface area contributed by atoms with Gasteiger partial charge in [-0.2, -0.15) is 0 Å². The summed E-state index contributed by atoms with van der Waals surface area (Å²) < 4.78 is 0. The van der Waals surface area contributed by atoms with E-state index in [1.54, 1.807) is 6.21 Å². The maximum Gasteiger partial charge on any atom is 0.212 e. The monoisotopic (exact) mass is 125 g/mol. The topological polar surface area (TPSA) is 62.2 Å². The van der Waals surface area contributed by atoms with E-state index in [9.17, 15) is 0 Å². The minimum Gasteiger partial charge on any atom is -0.368 e. The number of aliphatic imine (C=N–C) groups is 1. The first-order valence-corrected chi connectivity index (χ1v) is 2.68. The van der Waals surface area contributed by atoms with Crippen molar-refractivity contribution in [2.45, 2.75) is 13.8 Å². The van der Waals surface area contributed by atoms with Gasteiger partial charge in [0, 0.05) is 6.21 Å². The number of allylic oxidation sites excluding steroid dienone is 2. The van der Waals surface area contributed by atoms with E-state index in [0.29, 0.717) is 0 Å². The highest BCUT2D eigenvalue weighted by molar-refractivity contribution is 5.90. The van der Waals surface area contributed by atoms with Gasteiger partial charge < -0.3 is 5.73 Å². The van der Waals surface area contributed by atoms with Crippen molar-refractivity contribution in [2.24, 2.45) is 10.7 Å². The average Bonchev–Trinajstić information content (AvgIpc) is 1.83. The Labute approximate surface area is 54.8 Å². The standard InChI is InChI=1S/C6H11N3/c1-3-5(2)4-9-6(7)8/h3-4H,1-2H3,(H3,7,8)/b5-3-,9-4-. The van der Waals surface area contributed by atoms with Crippen LogP contribution in [0.5, 0.6) is 0 Å². The van der Waals surface area contributed by atoms with E-state index in [2.05, 4.69) is 4.99 Å². The van der Waals surface area contributed by atoms with Crippen molar-refractivity contribution in [3.8, 4) is 0 Å². The molecule has 0 aromatic rings. The highest BCUT2D eigenvalue weighted by Gasteiger charge is 1.78. The van der Waals surface area contributed by atoms with E-state index in [-0.39, 0.29) is 5.96 Å². The number of nitrogens with one attached hydrogen (secondary N) is 1. The molecule has 0 unspecified atom stereocenters. The highest BCUT2D eigenvalue weighted by Crippen LogP contribution is 1.84. The zero-order valence-corrected chi connectivity index (χ0v) is 5.68. The fraction of sp³-hybridized carbons (Fsp3) is 0.333. The molecule has 0 atom stereocenters. The number of nitrogens with zero attached hydrogens (tertiary/aromatic N) is 1. The van der Waals surface area contributed by atoms with Crippen LogP contribution in [0.3, 0.4) is 0 Å². The van der Waals surface area contributed by atoms with Crippen molar-refractivity contribution in [2.75, 3.05) is 0 Å². The van der Waals surface area contributed by atoms with Crippen LogP contribution in [-0.4, -0.2) is 12.2 Å². The SMILES string of the molecule is C/C=C(C)\C=N/C(=N)N. The smallest absolute Gasteiger partial charge is 0.212 e. The Kier molecular flexibility index (Phi) is 3.35. The molecule has 50 valence electrons. The summed E-state index contributed by atoms with van der Waals surface area (Å²) in [4.78, 5) is 3.56. The predicted molar refractivity (Wildman–Crippen MR) is 39.8 cm³/mol. The summed E-state index contributed by atoms with van der Waals surface area (Å²) in [5.74, 6) is -0.156. The highest BCUT2D eigenvalue weighted by atomic mass is 15.0. The first-order valence-electron chi connectivity index (χ1n) is 2.68. The molecule has 9 heavy (non-hydrogen) atoms. The normalized spacial score (nSPS) is 12.4. The molecule has 0 fully saturated rings. The van der Waals surface area contributed by atoms with E-state index in [1.165, 1.54) is 0 Å². The Hall–Kier alpha value is -1.12. The maximum absolute atomic E-state index is 6.72. The van der Waals surface area contributed by atoms with Crippen molar-refractivity contribution in [1.82, 2.24) is 0 Å². The van der Waals surface area contributed by atoms with Gasteiger partial charge in [0.25, 0.3) is 0 Å². The zero-order valence-electron chi connectivity index (χ0n) is 5.68. The minimum absolute atomic E-state index is 0.156. The molecule has 0 radical (unpaired) electrons. The molecule has 0 saturated carbocycles. The van der Waals surface area contributed by atoms with Gasteiger partial charge in [0.2, 0.25) is 5.96 Å². The summed E-state index contributed by atoms with van der Waals surface area (Å²) in [7, 11) is 0. The van der Waals surface area contributed by atoms with Crippen LogP contribution in [0.25, 0.3) is 0 Å². The van der Waals surface area contributed by atoms with Crippen molar-refractivity contribution in [1.29, 1.82) is 5.41 Å². The Bertz CT molecular complexity index is 156. The van der Waals surface area contributed by atoms with E-state index < -0.39 is 0 Å². The van der Waals surface area contributed by atoms with Gasteiger partial charge in [-0.05, 0) is 19.4 Å². The molecule has 0 heterocycles. The Morgan fingerprint density at radius 3 is 2.56 bits per heavy atom. The summed E-state index contributed by atoms with van der Waals surface area (Å²) in [6, 6.07) is 0. The average molecular weight is 125 g/mol. The van der Waals surface area contributed by atoms with Gasteiger partial charge >= 0.3 is 0 Å². The predicted octanol–water partition coefficient (Wildman–Crippen LogP) is 0.917. The molecule has 3 nitrogen and oxygen atoms in total. The summed E-state index contributed by atoms with van der Waals surface area (Å²) in [6.45, 7) is 3.80. The number of nitrogens with two attached hydrogens (primary N) is 1. The van der Waals surface area contributed by atoms with Crippen molar-refractivity contribution in [3.05, 3.63) is 11.6 Å². The lowest BCUT2D eigenvalue weighted by Crippen LogP contribution is -2.05. The molecule has 0 bridgehead atoms. The number of hydrogen-bond donors (Lipinski definition) is 2. The van der Waals surface area contributed by atoms with Gasteiger partial charge in [-0.25, -0.2) is 4.99 Å². The molecule has 0 aromatic carbocycles. The number of guanidine groups is 1. The molecule has 0 aliphatic heterocycles. The van der Waals surface area contributed by atoms with Crippen molar-refractivity contribution >= 4 is 12.2 Å². The van der Waals surface area contributed by atoms with Crippen LogP contribution in [0.15, 0.2) is 16.6 Å². The van der Waals surface area contributed by atoms with E-state index in [1.807, 2.05) is 19.9 Å². The third kappa shape index (κ3) is 4.74. The molecule has 3 N–H and O–H groups in total. The maximum atomic E-state index is 6.72. The Balaban J connectivity index is 3.86. The largest absolute Gasteiger partial charge is 0.368 e. The van der Waals surface area contributed by atoms with Crippen molar-refractivity contribution in [3.63, 3.8) is 0 Å². The van der Waals surface area contributed by atoms with Crippen LogP contribution in [0, 0.1) is 5.41 Å². The molecule has 0 spiro atoms. The van der Waals surface area contributed by atoms with Crippen LogP contribution in [0.4, 0.5) is 0 Å². The molecule has 0 aliphatic carbocycles. The second kappa shape index (κ2) is 3.83. The summed E-state index contributed by atoms with van der Waals surface area (Å²) in [5.41, 5.74) is 5.96. The molecule has 0 saturated heterocycles. The fourth-order valence-corrected chi connectivity index (χ4v) is 0.246. The molecule has 0 rings (SSSR count). The van der Waals surface area contributed by atoms with E-state index in [0.717, 1.165) is 5.57 Å². The molecule has 0 aromatic heterocycles. The third-order valence-electron chi connectivity index (χ3n) is 0.863. The molecular weight excluding hydrogens is 114 g/mol. The molecule has 0 amide bonds. The Morgan fingerprint density at radius 1 is 1.67 bits per heavy atom. The lowest BCUT2D eigenvalue weighted by atomic mass is 10.3. The third-order valence-corrected chi connectivity index (χ3v) is 0.863. The summed E-state index contributed by atoms with van der Waals surface area (Å²) in [5, 5.41) is 6.72. The second-order valence-electron chi connectivity index (χ2n) is 1.68. The quantitative estimate of drug-likeness (QED) is 0.397. The van der Waals surface area contributed by atoms with Gasteiger partial charge in [0.1, 0.15) is 0 Å². The second-order valence-corrected chi connectivity index (χ2v) is 1.68. The summed E-state index contributed by atoms with van der Waals surface area (Å²) >= 11 is 0. The molecule has 3 heteroatoms. The van der Waals surface area contributed by atoms with Gasteiger partial charge in [-0.15, -0.1) is 0 Å². The lowest BCUT2D eigenvalue weighted by Gasteiger charge is -1.85. The number of hydrogen-bond acceptors (Lipinski definition) is 1. The van der Waals surface area contributed by atoms with Crippen molar-refractivity contribution < 1.29 is 0 Å². The lowest BCUT2D eigenvalue weighted by molar-refractivity contribution is 1.38. The molecular formula is C6H11N3. The van der Waals surface area contributed by atoms with Crippen LogP contribution in [0.2, 0.25) is 0 Å². The van der Waals surface area contributed by atoms with E-state index in [4.69, 9.17) is 11.1 Å². The van der Waals surface area contributed by atoms with Gasteiger partial charge in [-0.1, -0.05) is 6.08 Å². The summed E-state index contributed by atoms with van der Waals surface area (Å²) in [6.07, 6.45) is 3.45. The van der Waals surface area contributed by atoms with E-state index >= 15 is 0 Å². The first kappa shape index (κ1) is 7.88. The zero-order chi connectivity index (χ0) is 7.28. The first-order chi connectivity index (χ1) is 4.16. The fourth-order valence-electron chi connectivity index (χ4n) is 0.246. The van der Waals surface area contributed by atoms with Gasteiger partial charge in [-0.3, -0.25) is 5.41 Å². The van der Waals surface area contributed by atoms with Gasteiger partial charge in [0.15, 0.2) is 0 Å². The minimum atomic E-state index is -0.156. The van der Waals surface area contributed by atoms with Gasteiger partial charge in [0.05, 0.1) is 0 Å². The number of rotatable bonds is 1. The van der Waals surface area contributed by atoms with Crippen LogP contribution in [-0.2, 0) is 0 Å². The molecule has 0 aliphatic rings.